The van der Waals surface area contributed by atoms with Crippen LogP contribution in [0.25, 0.3) is 0 Å². The van der Waals surface area contributed by atoms with E-state index in [0.29, 0.717) is 0 Å². The van der Waals surface area contributed by atoms with Crippen LogP contribution in [0.15, 0.2) is 36.4 Å². The summed E-state index contributed by atoms with van der Waals surface area (Å²) in [5.74, 6) is 0.0717. The molecule has 0 fully saturated rings. The van der Waals surface area contributed by atoms with Crippen LogP contribution < -0.4 is 9.64 Å². The third kappa shape index (κ3) is 6.18. The van der Waals surface area contributed by atoms with Crippen LogP contribution in [-0.4, -0.2) is 40.6 Å². The molecular formula is C18H20ClF3N2O5P+. The molecule has 0 aliphatic heterocycles. The molecule has 2 N–H and O–H groups in total. The second kappa shape index (κ2) is 9.34. The predicted octanol–water partition coefficient (Wildman–Crippen LogP) is 5.35. The number of nitro groups is 1. The molecule has 0 aliphatic rings. The Hall–Kier alpha value is -2.13. The zero-order valence-electron chi connectivity index (χ0n) is 16.1. The number of rotatable bonds is 8. The van der Waals surface area contributed by atoms with Gasteiger partial charge in [-0.15, -0.1) is 0 Å². The molecule has 7 nitrogen and oxygen atoms in total. The summed E-state index contributed by atoms with van der Waals surface area (Å²) in [6, 6.07) is 6.44. The van der Waals surface area contributed by atoms with Crippen LogP contribution in [0.1, 0.15) is 12.5 Å². The van der Waals surface area contributed by atoms with Gasteiger partial charge < -0.3 is 9.64 Å². The quantitative estimate of drug-likeness (QED) is 0.309. The monoisotopic (exact) mass is 467 g/mol. The molecule has 30 heavy (non-hydrogen) atoms. The summed E-state index contributed by atoms with van der Waals surface area (Å²) in [5.41, 5.74) is -1.02. The first kappa shape index (κ1) is 24.1. The summed E-state index contributed by atoms with van der Waals surface area (Å²) in [7, 11) is -1.53. The number of anilines is 1. The Morgan fingerprint density at radius 1 is 1.23 bits per heavy atom. The van der Waals surface area contributed by atoms with Gasteiger partial charge in [0.2, 0.25) is 0 Å². The molecule has 0 atom stereocenters. The van der Waals surface area contributed by atoms with Crippen LogP contribution in [0, 0.1) is 10.1 Å². The van der Waals surface area contributed by atoms with Crippen molar-refractivity contribution in [3.8, 4) is 11.5 Å². The molecule has 0 unspecified atom stereocenters. The Bertz CT molecular complexity index is 927. The topological polar surface area (TPSA) is 96.1 Å². The number of nitro benzene ring substituents is 1. The van der Waals surface area contributed by atoms with Crippen molar-refractivity contribution in [2.75, 3.05) is 30.8 Å². The van der Waals surface area contributed by atoms with E-state index >= 15 is 0 Å². The molecule has 0 radical (unpaired) electrons. The smallest absolute Gasteiger partial charge is 0.416 e. The summed E-state index contributed by atoms with van der Waals surface area (Å²) < 4.78 is 43.8. The minimum Gasteiger partial charge on any atom is -0.456 e. The molecule has 0 amide bonds. The Kier molecular flexibility index (Phi) is 7.52. The van der Waals surface area contributed by atoms with Crippen LogP contribution in [0.5, 0.6) is 11.5 Å². The lowest BCUT2D eigenvalue weighted by atomic mass is 10.2. The second-order valence-electron chi connectivity index (χ2n) is 6.49. The van der Waals surface area contributed by atoms with E-state index < -0.39 is 24.4 Å². The molecule has 0 heterocycles. The van der Waals surface area contributed by atoms with Gasteiger partial charge in [-0.3, -0.25) is 10.1 Å². The van der Waals surface area contributed by atoms with Crippen molar-refractivity contribution < 1.29 is 32.6 Å². The number of alkyl halides is 3. The maximum absolute atomic E-state index is 12.8. The highest BCUT2D eigenvalue weighted by molar-refractivity contribution is 7.64. The SMILES string of the molecule is CC[P+](O)(O)CCN(C)c1cc(Oc2ccc(C(F)(F)F)cc2Cl)ccc1[N+](=O)[O-]. The molecule has 0 aliphatic carbocycles. The van der Waals surface area contributed by atoms with Gasteiger partial charge in [-0.1, -0.05) is 11.6 Å². The maximum atomic E-state index is 12.8. The van der Waals surface area contributed by atoms with Crippen molar-refractivity contribution in [1.29, 1.82) is 0 Å². The Morgan fingerprint density at radius 3 is 2.43 bits per heavy atom. The average molecular weight is 468 g/mol. The van der Waals surface area contributed by atoms with Crippen molar-refractivity contribution in [3.63, 3.8) is 0 Å². The van der Waals surface area contributed by atoms with E-state index in [-0.39, 0.29) is 46.8 Å². The first-order chi connectivity index (χ1) is 13.8. The Morgan fingerprint density at radius 2 is 1.90 bits per heavy atom. The lowest BCUT2D eigenvalue weighted by Gasteiger charge is -2.21. The van der Waals surface area contributed by atoms with Crippen LogP contribution in [-0.2, 0) is 6.18 Å². The van der Waals surface area contributed by atoms with Gasteiger partial charge in [0.25, 0.3) is 13.4 Å². The minimum atomic E-state index is -4.55. The molecule has 164 valence electrons. The fourth-order valence-corrected chi connectivity index (χ4v) is 3.66. The zero-order chi connectivity index (χ0) is 22.7. The first-order valence-electron chi connectivity index (χ1n) is 8.71. The minimum absolute atomic E-state index is 0.0474. The lowest BCUT2D eigenvalue weighted by Crippen LogP contribution is -2.23. The number of halogens is 4. The Labute approximate surface area is 176 Å². The summed E-state index contributed by atoms with van der Waals surface area (Å²) >= 11 is 5.89. The lowest BCUT2D eigenvalue weighted by molar-refractivity contribution is -0.384. The number of nitrogens with zero attached hydrogens (tertiary/aromatic N) is 2. The summed E-state index contributed by atoms with van der Waals surface area (Å²) in [6.45, 7) is 1.78. The summed E-state index contributed by atoms with van der Waals surface area (Å²) in [5, 5.41) is 11.1. The number of hydrogen-bond donors (Lipinski definition) is 2. The van der Waals surface area contributed by atoms with Gasteiger partial charge in [0, 0.05) is 19.2 Å². The number of ether oxygens (including phenoxy) is 1. The van der Waals surface area contributed by atoms with Crippen LogP contribution in [0.2, 0.25) is 5.02 Å². The molecule has 12 heteroatoms. The van der Waals surface area contributed by atoms with E-state index in [9.17, 15) is 33.1 Å². The van der Waals surface area contributed by atoms with Gasteiger partial charge in [0.15, 0.2) is 0 Å². The fraction of sp³-hybridized carbons (Fsp3) is 0.333. The predicted molar refractivity (Wildman–Crippen MR) is 110 cm³/mol. The standard InChI is InChI=1S/C18H20ClF3N2O5P/c1-3-30(27,28)9-8-23(2)16-11-13(5-6-15(16)24(25)26)29-17-7-4-12(10-14(17)19)18(20,21)22/h4-7,10-11,27-28H,3,8-9H2,1-2H3/q+1. The van der Waals surface area contributed by atoms with Gasteiger partial charge in [-0.2, -0.15) is 13.2 Å². The first-order valence-corrected chi connectivity index (χ1v) is 11.1. The molecule has 2 aromatic rings. The van der Waals surface area contributed by atoms with Gasteiger partial charge in [0.1, 0.15) is 29.5 Å². The summed E-state index contributed by atoms with van der Waals surface area (Å²) in [6.07, 6.45) is -4.31. The van der Waals surface area contributed by atoms with E-state index in [1.807, 2.05) is 0 Å². The molecule has 0 aromatic heterocycles. The second-order valence-corrected chi connectivity index (χ2v) is 9.74. The van der Waals surface area contributed by atoms with E-state index in [2.05, 4.69) is 0 Å². The largest absolute Gasteiger partial charge is 0.456 e. The molecule has 2 rings (SSSR count). The van der Waals surface area contributed by atoms with Crippen LogP contribution in [0.3, 0.4) is 0 Å². The highest BCUT2D eigenvalue weighted by Gasteiger charge is 2.32. The Balaban J connectivity index is 2.30. The van der Waals surface area contributed by atoms with Crippen LogP contribution >= 0.6 is 19.3 Å². The van der Waals surface area contributed by atoms with Gasteiger partial charge in [0.05, 0.1) is 22.1 Å². The molecule has 0 bridgehead atoms. The molecule has 2 aromatic carbocycles. The third-order valence-corrected chi connectivity index (χ3v) is 6.57. The van der Waals surface area contributed by atoms with E-state index in [1.165, 1.54) is 23.1 Å². The molecule has 0 saturated carbocycles. The molecule has 0 saturated heterocycles. The van der Waals surface area contributed by atoms with E-state index in [0.717, 1.165) is 18.2 Å². The maximum Gasteiger partial charge on any atom is 0.416 e. The zero-order valence-corrected chi connectivity index (χ0v) is 17.7. The van der Waals surface area contributed by atoms with E-state index in [1.54, 1.807) is 14.0 Å². The average Bonchev–Trinajstić information content (AvgIpc) is 2.66. The normalized spacial score (nSPS) is 12.0. The van der Waals surface area contributed by atoms with Gasteiger partial charge >= 0.3 is 6.18 Å². The van der Waals surface area contributed by atoms with Crippen molar-refractivity contribution >= 4 is 30.7 Å². The van der Waals surface area contributed by atoms with Crippen molar-refractivity contribution in [2.24, 2.45) is 0 Å². The third-order valence-electron chi connectivity index (χ3n) is 4.34. The van der Waals surface area contributed by atoms with E-state index in [4.69, 9.17) is 16.3 Å². The highest BCUT2D eigenvalue weighted by atomic mass is 35.5. The van der Waals surface area contributed by atoms with Crippen molar-refractivity contribution in [1.82, 2.24) is 0 Å². The summed E-state index contributed by atoms with van der Waals surface area (Å²) in [4.78, 5) is 31.9. The molecular weight excluding hydrogens is 448 g/mol. The fourth-order valence-electron chi connectivity index (χ4n) is 2.50. The van der Waals surface area contributed by atoms with Gasteiger partial charge in [-0.05, 0) is 31.2 Å². The highest BCUT2D eigenvalue weighted by Crippen LogP contribution is 2.49. The molecule has 0 spiro atoms. The van der Waals surface area contributed by atoms with Gasteiger partial charge in [-0.25, -0.2) is 9.79 Å². The van der Waals surface area contributed by atoms with Crippen molar-refractivity contribution in [2.45, 2.75) is 13.1 Å². The van der Waals surface area contributed by atoms with Crippen molar-refractivity contribution in [3.05, 3.63) is 57.1 Å². The van der Waals surface area contributed by atoms with Crippen LogP contribution in [0.4, 0.5) is 24.5 Å². The number of hydrogen-bond acceptors (Lipinski definition) is 6. The number of benzene rings is 2.